The summed E-state index contributed by atoms with van der Waals surface area (Å²) in [5, 5.41) is 3.03. The van der Waals surface area contributed by atoms with Crippen LogP contribution >= 0.6 is 0 Å². The summed E-state index contributed by atoms with van der Waals surface area (Å²) in [5.74, 6) is 0.796. The quantitative estimate of drug-likeness (QED) is 0.818. The number of aromatic nitrogens is 1. The molecule has 1 aliphatic carbocycles. The summed E-state index contributed by atoms with van der Waals surface area (Å²) >= 11 is 0. The second-order valence-corrected chi connectivity index (χ2v) is 6.24. The van der Waals surface area contributed by atoms with Crippen molar-refractivity contribution in [2.24, 2.45) is 0 Å². The number of oxazole rings is 1. The van der Waals surface area contributed by atoms with Crippen LogP contribution in [0.4, 0.5) is 0 Å². The topological polar surface area (TPSA) is 55.1 Å². The first-order valence-corrected chi connectivity index (χ1v) is 8.51. The van der Waals surface area contributed by atoms with Gasteiger partial charge in [-0.25, -0.2) is 4.98 Å². The Morgan fingerprint density at radius 3 is 3.04 bits per heavy atom. The maximum atomic E-state index is 12.0. The number of benzene rings is 1. The van der Waals surface area contributed by atoms with Crippen LogP contribution in [0.1, 0.15) is 50.0 Å². The summed E-state index contributed by atoms with van der Waals surface area (Å²) in [6.07, 6.45) is 9.59. The highest BCUT2D eigenvalue weighted by molar-refractivity contribution is 5.77. The summed E-state index contributed by atoms with van der Waals surface area (Å²) in [4.78, 5) is 16.3. The van der Waals surface area contributed by atoms with Gasteiger partial charge in [-0.05, 0) is 56.2 Å². The van der Waals surface area contributed by atoms with E-state index in [1.807, 2.05) is 25.1 Å². The number of fused-ring (bicyclic) bond motifs is 1. The van der Waals surface area contributed by atoms with Gasteiger partial charge in [0, 0.05) is 19.9 Å². The lowest BCUT2D eigenvalue weighted by molar-refractivity contribution is -0.121. The molecule has 122 valence electrons. The Hall–Kier alpha value is -2.10. The first-order valence-electron chi connectivity index (χ1n) is 8.51. The van der Waals surface area contributed by atoms with Crippen molar-refractivity contribution in [2.75, 3.05) is 6.54 Å². The van der Waals surface area contributed by atoms with Gasteiger partial charge in [0.25, 0.3) is 0 Å². The molecule has 2 aromatic rings. The molecule has 23 heavy (non-hydrogen) atoms. The normalized spacial score (nSPS) is 14.7. The lowest BCUT2D eigenvalue weighted by atomic mass is 9.97. The van der Waals surface area contributed by atoms with E-state index < -0.39 is 0 Å². The molecule has 4 heteroatoms. The van der Waals surface area contributed by atoms with Gasteiger partial charge in [0.2, 0.25) is 5.91 Å². The number of amides is 1. The number of hydrogen-bond donors (Lipinski definition) is 1. The first-order chi connectivity index (χ1) is 11.2. The zero-order valence-electron chi connectivity index (χ0n) is 13.7. The highest BCUT2D eigenvalue weighted by Crippen LogP contribution is 2.19. The SMILES string of the molecule is Cc1nc2cc(CCC(=O)NCCC3=CCCCC3)ccc2o1. The molecule has 0 atom stereocenters. The molecule has 3 rings (SSSR count). The summed E-state index contributed by atoms with van der Waals surface area (Å²) < 4.78 is 5.46. The molecule has 1 aliphatic rings. The lowest BCUT2D eigenvalue weighted by Crippen LogP contribution is -2.25. The molecular formula is C19H24N2O2. The molecule has 0 fully saturated rings. The minimum atomic E-state index is 0.123. The molecular weight excluding hydrogens is 288 g/mol. The number of hydrogen-bond acceptors (Lipinski definition) is 3. The fraction of sp³-hybridized carbons (Fsp3) is 0.474. The molecule has 4 nitrogen and oxygen atoms in total. The van der Waals surface area contributed by atoms with Crippen LogP contribution in [0.5, 0.6) is 0 Å². The van der Waals surface area contributed by atoms with Crippen LogP contribution < -0.4 is 5.32 Å². The van der Waals surface area contributed by atoms with E-state index in [1.54, 1.807) is 0 Å². The lowest BCUT2D eigenvalue weighted by Gasteiger charge is -2.12. The van der Waals surface area contributed by atoms with Crippen molar-refractivity contribution in [1.29, 1.82) is 0 Å². The molecule has 1 heterocycles. The Bertz CT molecular complexity index is 715. The van der Waals surface area contributed by atoms with E-state index >= 15 is 0 Å². The number of rotatable bonds is 6. The van der Waals surface area contributed by atoms with E-state index in [1.165, 1.54) is 31.3 Å². The van der Waals surface area contributed by atoms with E-state index in [2.05, 4.69) is 16.4 Å². The second kappa shape index (κ2) is 7.44. The van der Waals surface area contributed by atoms with Crippen LogP contribution in [-0.4, -0.2) is 17.4 Å². The van der Waals surface area contributed by atoms with Crippen molar-refractivity contribution in [2.45, 2.75) is 51.9 Å². The summed E-state index contributed by atoms with van der Waals surface area (Å²) in [6, 6.07) is 5.94. The molecule has 0 saturated carbocycles. The number of nitrogens with zero attached hydrogens (tertiary/aromatic N) is 1. The molecule has 0 unspecified atom stereocenters. The Kier molecular flexibility index (Phi) is 5.11. The Balaban J connectivity index is 1.43. The van der Waals surface area contributed by atoms with Crippen LogP contribution in [0.2, 0.25) is 0 Å². The molecule has 1 amide bonds. The molecule has 0 saturated heterocycles. The third-order valence-electron chi connectivity index (χ3n) is 4.35. The molecule has 1 aromatic carbocycles. The highest BCUT2D eigenvalue weighted by Gasteiger charge is 2.07. The predicted octanol–water partition coefficient (Wildman–Crippen LogP) is 4.08. The van der Waals surface area contributed by atoms with Crippen molar-refractivity contribution < 1.29 is 9.21 Å². The summed E-state index contributed by atoms with van der Waals surface area (Å²) in [5.41, 5.74) is 4.29. The van der Waals surface area contributed by atoms with Gasteiger partial charge < -0.3 is 9.73 Å². The highest BCUT2D eigenvalue weighted by atomic mass is 16.3. The Morgan fingerprint density at radius 1 is 1.30 bits per heavy atom. The van der Waals surface area contributed by atoms with Crippen LogP contribution in [0.15, 0.2) is 34.3 Å². The first kappa shape index (κ1) is 15.8. The van der Waals surface area contributed by atoms with Gasteiger partial charge in [-0.3, -0.25) is 4.79 Å². The molecule has 0 aliphatic heterocycles. The standard InChI is InChI=1S/C19H24N2O2/c1-14-21-17-13-16(7-9-18(17)23-14)8-10-19(22)20-12-11-15-5-3-2-4-6-15/h5,7,9,13H,2-4,6,8,10-12H2,1H3,(H,20,22). The zero-order valence-corrected chi connectivity index (χ0v) is 13.7. The average molecular weight is 312 g/mol. The van der Waals surface area contributed by atoms with E-state index in [4.69, 9.17) is 4.42 Å². The molecule has 0 radical (unpaired) electrons. The minimum Gasteiger partial charge on any atom is -0.441 e. The van der Waals surface area contributed by atoms with E-state index in [-0.39, 0.29) is 5.91 Å². The van der Waals surface area contributed by atoms with Crippen LogP contribution in [0.3, 0.4) is 0 Å². The van der Waals surface area contributed by atoms with Crippen molar-refractivity contribution >= 4 is 17.0 Å². The van der Waals surface area contributed by atoms with Crippen LogP contribution in [0.25, 0.3) is 11.1 Å². The third kappa shape index (κ3) is 4.44. The smallest absolute Gasteiger partial charge is 0.220 e. The largest absolute Gasteiger partial charge is 0.441 e. The van der Waals surface area contributed by atoms with E-state index in [0.717, 1.165) is 36.0 Å². The number of carbonyl (C=O) groups is 1. The maximum absolute atomic E-state index is 12.0. The molecule has 0 bridgehead atoms. The van der Waals surface area contributed by atoms with Gasteiger partial charge in [-0.1, -0.05) is 17.7 Å². The van der Waals surface area contributed by atoms with Gasteiger partial charge in [0.15, 0.2) is 11.5 Å². The summed E-state index contributed by atoms with van der Waals surface area (Å²) in [6.45, 7) is 2.60. The monoisotopic (exact) mass is 312 g/mol. The Labute approximate surface area is 137 Å². The summed E-state index contributed by atoms with van der Waals surface area (Å²) in [7, 11) is 0. The average Bonchev–Trinajstić information content (AvgIpc) is 2.93. The number of carbonyl (C=O) groups excluding carboxylic acids is 1. The fourth-order valence-corrected chi connectivity index (χ4v) is 3.08. The maximum Gasteiger partial charge on any atom is 0.220 e. The van der Waals surface area contributed by atoms with Crippen molar-refractivity contribution in [1.82, 2.24) is 10.3 Å². The molecule has 1 aromatic heterocycles. The van der Waals surface area contributed by atoms with Crippen molar-refractivity contribution in [3.05, 3.63) is 41.3 Å². The van der Waals surface area contributed by atoms with Gasteiger partial charge >= 0.3 is 0 Å². The fourth-order valence-electron chi connectivity index (χ4n) is 3.08. The van der Waals surface area contributed by atoms with Gasteiger partial charge in [-0.15, -0.1) is 0 Å². The number of aryl methyl sites for hydroxylation is 2. The van der Waals surface area contributed by atoms with Crippen LogP contribution in [0, 0.1) is 6.92 Å². The van der Waals surface area contributed by atoms with E-state index in [9.17, 15) is 4.79 Å². The van der Waals surface area contributed by atoms with Crippen molar-refractivity contribution in [3.8, 4) is 0 Å². The van der Waals surface area contributed by atoms with Gasteiger partial charge in [0.05, 0.1) is 0 Å². The van der Waals surface area contributed by atoms with Gasteiger partial charge in [-0.2, -0.15) is 0 Å². The Morgan fingerprint density at radius 2 is 2.22 bits per heavy atom. The molecule has 0 spiro atoms. The third-order valence-corrected chi connectivity index (χ3v) is 4.35. The molecule has 1 N–H and O–H groups in total. The predicted molar refractivity (Wildman–Crippen MR) is 91.2 cm³/mol. The number of nitrogens with one attached hydrogen (secondary N) is 1. The number of allylic oxidation sites excluding steroid dienone is 1. The van der Waals surface area contributed by atoms with Crippen molar-refractivity contribution in [3.63, 3.8) is 0 Å². The minimum absolute atomic E-state index is 0.123. The van der Waals surface area contributed by atoms with Crippen LogP contribution in [-0.2, 0) is 11.2 Å². The van der Waals surface area contributed by atoms with E-state index in [0.29, 0.717) is 12.3 Å². The second-order valence-electron chi connectivity index (χ2n) is 6.24. The zero-order chi connectivity index (χ0) is 16.1. The van der Waals surface area contributed by atoms with Gasteiger partial charge in [0.1, 0.15) is 5.52 Å².